The van der Waals surface area contributed by atoms with E-state index in [0.717, 1.165) is 0 Å². The molecule has 3 heteroatoms. The van der Waals surface area contributed by atoms with Gasteiger partial charge in [-0.3, -0.25) is 0 Å². The molecule has 0 unspecified atom stereocenters. The third kappa shape index (κ3) is 5.58. The molecule has 0 aliphatic carbocycles. The average Bonchev–Trinajstić information content (AvgIpc) is 3.94. The number of hydrogen-bond donors (Lipinski definition) is 0. The third-order valence-electron chi connectivity index (χ3n) is 12.8. The van der Waals surface area contributed by atoms with Gasteiger partial charge in [0.2, 0.25) is 0 Å². The maximum absolute atomic E-state index is 2.44. The minimum atomic E-state index is 0.0756. The second-order valence-electron chi connectivity index (χ2n) is 17.4. The summed E-state index contributed by atoms with van der Waals surface area (Å²) in [4.78, 5) is 0. The number of fused-ring (bicyclic) bond motifs is 9. The zero-order valence-corrected chi connectivity index (χ0v) is 34.5. The zero-order valence-electron chi connectivity index (χ0n) is 34.5. The van der Waals surface area contributed by atoms with Crippen molar-refractivity contribution in [1.29, 1.82) is 0 Å². The van der Waals surface area contributed by atoms with Crippen molar-refractivity contribution in [2.75, 3.05) is 0 Å². The highest BCUT2D eigenvalue weighted by Crippen LogP contribution is 2.41. The Morgan fingerprint density at radius 2 is 0.557 bits per heavy atom. The normalized spacial score (nSPS) is 12.2. The van der Waals surface area contributed by atoms with Crippen LogP contribution in [0, 0.1) is 0 Å². The first-order valence-corrected chi connectivity index (χ1v) is 21.3. The van der Waals surface area contributed by atoms with Gasteiger partial charge in [0, 0.05) is 49.4 Å². The minimum absolute atomic E-state index is 0.0756. The summed E-state index contributed by atoms with van der Waals surface area (Å²) in [7, 11) is 0. The summed E-state index contributed by atoms with van der Waals surface area (Å²) >= 11 is 0. The maximum atomic E-state index is 2.44. The highest BCUT2D eigenvalue weighted by Gasteiger charge is 2.19. The van der Waals surface area contributed by atoms with E-state index in [-0.39, 0.29) is 5.41 Å². The van der Waals surface area contributed by atoms with Crippen LogP contribution in [0.25, 0.3) is 105 Å². The molecule has 0 fully saturated rings. The molecule has 3 nitrogen and oxygen atoms in total. The van der Waals surface area contributed by atoms with Crippen LogP contribution in [0.15, 0.2) is 206 Å². The maximum Gasteiger partial charge on any atom is 0.0541 e. The fourth-order valence-corrected chi connectivity index (χ4v) is 9.79. The Hall–Kier alpha value is -7.62. The summed E-state index contributed by atoms with van der Waals surface area (Å²) in [6.07, 6.45) is 0. The fourth-order valence-electron chi connectivity index (χ4n) is 9.79. The molecule has 0 atom stereocenters. The lowest BCUT2D eigenvalue weighted by molar-refractivity contribution is 0.590. The van der Waals surface area contributed by atoms with E-state index in [1.807, 2.05) is 0 Å². The van der Waals surface area contributed by atoms with Gasteiger partial charge in [0.15, 0.2) is 0 Å². The Labute approximate surface area is 355 Å². The summed E-state index contributed by atoms with van der Waals surface area (Å²) in [5, 5.41) is 7.50. The molecule has 3 heterocycles. The smallest absolute Gasteiger partial charge is 0.0541 e. The first kappa shape index (κ1) is 35.3. The number of nitrogens with zero attached hydrogens (tertiary/aromatic N) is 3. The second kappa shape index (κ2) is 13.5. The summed E-state index contributed by atoms with van der Waals surface area (Å²) in [5.41, 5.74) is 17.0. The second-order valence-corrected chi connectivity index (χ2v) is 17.4. The lowest BCUT2D eigenvalue weighted by atomic mass is 9.87. The molecule has 0 aliphatic heterocycles. The van der Waals surface area contributed by atoms with Crippen molar-refractivity contribution in [2.24, 2.45) is 0 Å². The summed E-state index contributed by atoms with van der Waals surface area (Å²) < 4.78 is 7.21. The molecule has 0 saturated carbocycles. The van der Waals surface area contributed by atoms with E-state index < -0.39 is 0 Å². The van der Waals surface area contributed by atoms with Crippen LogP contribution in [0.3, 0.4) is 0 Å². The van der Waals surface area contributed by atoms with Crippen LogP contribution in [0.4, 0.5) is 0 Å². The van der Waals surface area contributed by atoms with Crippen LogP contribution in [-0.4, -0.2) is 13.7 Å². The molecule has 0 spiro atoms. The van der Waals surface area contributed by atoms with Crippen molar-refractivity contribution in [2.45, 2.75) is 26.2 Å². The van der Waals surface area contributed by atoms with Gasteiger partial charge in [-0.2, -0.15) is 0 Å². The molecule has 3 aromatic heterocycles. The third-order valence-corrected chi connectivity index (χ3v) is 12.8. The van der Waals surface area contributed by atoms with E-state index in [0.29, 0.717) is 0 Å². The van der Waals surface area contributed by atoms with E-state index in [1.54, 1.807) is 0 Å². The monoisotopic (exact) mass is 781 g/mol. The van der Waals surface area contributed by atoms with Crippen molar-refractivity contribution < 1.29 is 0 Å². The molecule has 12 aromatic rings. The van der Waals surface area contributed by atoms with Crippen LogP contribution in [0.1, 0.15) is 26.3 Å². The average molecular weight is 782 g/mol. The Kier molecular flexibility index (Phi) is 7.79. The number of rotatable bonds is 5. The van der Waals surface area contributed by atoms with Crippen LogP contribution in [0.2, 0.25) is 0 Å². The van der Waals surface area contributed by atoms with Crippen LogP contribution >= 0.6 is 0 Å². The van der Waals surface area contributed by atoms with E-state index in [9.17, 15) is 0 Å². The Bertz CT molecular complexity index is 3440. The van der Waals surface area contributed by atoms with Crippen molar-refractivity contribution in [3.63, 3.8) is 0 Å². The molecular weight excluding hydrogens is 739 g/mol. The first-order valence-electron chi connectivity index (χ1n) is 21.3. The zero-order chi connectivity index (χ0) is 40.8. The van der Waals surface area contributed by atoms with Gasteiger partial charge in [-0.25, -0.2) is 0 Å². The van der Waals surface area contributed by atoms with Gasteiger partial charge in [0.1, 0.15) is 0 Å². The highest BCUT2D eigenvalue weighted by atomic mass is 15.0. The predicted octanol–water partition coefficient (Wildman–Crippen LogP) is 15.6. The van der Waals surface area contributed by atoms with Crippen molar-refractivity contribution in [3.8, 4) is 39.3 Å². The van der Waals surface area contributed by atoms with Gasteiger partial charge in [0.25, 0.3) is 0 Å². The summed E-state index contributed by atoms with van der Waals surface area (Å²) in [5.74, 6) is 0. The van der Waals surface area contributed by atoms with E-state index in [2.05, 4.69) is 241 Å². The number of hydrogen-bond acceptors (Lipinski definition) is 0. The molecule has 0 N–H and O–H groups in total. The topological polar surface area (TPSA) is 14.8 Å². The molecule has 9 aromatic carbocycles. The lowest BCUT2D eigenvalue weighted by Gasteiger charge is -2.19. The highest BCUT2D eigenvalue weighted by molar-refractivity contribution is 6.14. The molecule has 290 valence electrons. The largest absolute Gasteiger partial charge is 0.309 e. The van der Waals surface area contributed by atoms with Gasteiger partial charge in [-0.05, 0) is 130 Å². The molecule has 12 rings (SSSR count). The van der Waals surface area contributed by atoms with Gasteiger partial charge in [-0.1, -0.05) is 130 Å². The quantitative estimate of drug-likeness (QED) is 0.165. The molecule has 0 radical (unpaired) electrons. The van der Waals surface area contributed by atoms with Crippen LogP contribution in [-0.2, 0) is 5.41 Å². The van der Waals surface area contributed by atoms with E-state index in [1.165, 1.54) is 110 Å². The summed E-state index contributed by atoms with van der Waals surface area (Å²) in [6.45, 7) is 6.83. The standard InChI is InChI=1S/C58H43N3/c1-58(2,3)42-26-28-45(29-27-42)61-56-32-24-40(38-22-30-54-48(34-38)46-18-10-12-20-52(46)59(54)43-14-6-4-7-15-43)36-50(56)51-37-41(25-33-57(51)61)39-23-31-55-49(35-39)47-19-11-13-21-53(47)60(55)44-16-8-5-9-17-44/h4-37H,1-3H3. The lowest BCUT2D eigenvalue weighted by Crippen LogP contribution is -2.10. The van der Waals surface area contributed by atoms with Gasteiger partial charge in [-0.15, -0.1) is 0 Å². The van der Waals surface area contributed by atoms with Crippen molar-refractivity contribution in [1.82, 2.24) is 13.7 Å². The number of para-hydroxylation sites is 4. The van der Waals surface area contributed by atoms with Crippen LogP contribution < -0.4 is 0 Å². The Morgan fingerprint density at radius 3 is 0.918 bits per heavy atom. The molecule has 0 aliphatic rings. The van der Waals surface area contributed by atoms with Crippen LogP contribution in [0.5, 0.6) is 0 Å². The van der Waals surface area contributed by atoms with Gasteiger partial charge in [0.05, 0.1) is 33.1 Å². The van der Waals surface area contributed by atoms with Crippen molar-refractivity contribution in [3.05, 3.63) is 212 Å². The van der Waals surface area contributed by atoms with E-state index >= 15 is 0 Å². The van der Waals surface area contributed by atoms with Gasteiger partial charge < -0.3 is 13.7 Å². The first-order chi connectivity index (χ1) is 29.9. The number of aromatic nitrogens is 3. The molecule has 0 saturated heterocycles. The van der Waals surface area contributed by atoms with Crippen molar-refractivity contribution >= 4 is 65.4 Å². The molecule has 0 amide bonds. The molecule has 61 heavy (non-hydrogen) atoms. The minimum Gasteiger partial charge on any atom is -0.309 e. The SMILES string of the molecule is CC(C)(C)c1ccc(-n2c3ccc(-c4ccc5c(c4)c4ccccc4n5-c4ccccc4)cc3c3cc(-c4ccc5c(c4)c4ccccc4n5-c4ccccc4)ccc32)cc1. The summed E-state index contributed by atoms with van der Waals surface area (Å²) in [6, 6.07) is 76.1. The number of benzene rings is 9. The fraction of sp³-hybridized carbons (Fsp3) is 0.0690. The Morgan fingerprint density at radius 1 is 0.262 bits per heavy atom. The predicted molar refractivity (Wildman–Crippen MR) is 259 cm³/mol. The van der Waals surface area contributed by atoms with Gasteiger partial charge >= 0.3 is 0 Å². The Balaban J connectivity index is 1.05. The molecule has 0 bridgehead atoms. The van der Waals surface area contributed by atoms with E-state index in [4.69, 9.17) is 0 Å². The molecular formula is C58H43N3.